The minimum absolute atomic E-state index is 0.0454. The lowest BCUT2D eigenvalue weighted by Crippen LogP contribution is -2.38. The van der Waals surface area contributed by atoms with Crippen molar-refractivity contribution in [1.82, 2.24) is 9.47 Å². The molecule has 0 radical (unpaired) electrons. The number of aromatic nitrogens is 1. The van der Waals surface area contributed by atoms with Crippen molar-refractivity contribution in [3.63, 3.8) is 0 Å². The van der Waals surface area contributed by atoms with Gasteiger partial charge in [-0.05, 0) is 49.2 Å². The second kappa shape index (κ2) is 8.67. The molecule has 27 heavy (non-hydrogen) atoms. The van der Waals surface area contributed by atoms with E-state index in [0.29, 0.717) is 6.54 Å². The molecule has 0 saturated carbocycles. The summed E-state index contributed by atoms with van der Waals surface area (Å²) in [7, 11) is 0. The van der Waals surface area contributed by atoms with Crippen LogP contribution in [0.25, 0.3) is 0 Å². The van der Waals surface area contributed by atoms with Crippen LogP contribution in [-0.2, 0) is 24.3 Å². The molecule has 0 bridgehead atoms. The fraction of sp³-hybridized carbons (Fsp3) is 0.261. The highest BCUT2D eigenvalue weighted by molar-refractivity contribution is 5.79. The second-order valence-corrected chi connectivity index (χ2v) is 7.03. The molecule has 0 fully saturated rings. The maximum Gasteiger partial charge on any atom is 0.227 e. The van der Waals surface area contributed by atoms with E-state index in [9.17, 15) is 9.18 Å². The fourth-order valence-corrected chi connectivity index (χ4v) is 3.14. The summed E-state index contributed by atoms with van der Waals surface area (Å²) >= 11 is 0. The molecule has 0 unspecified atom stereocenters. The first-order chi connectivity index (χ1) is 13.0. The van der Waals surface area contributed by atoms with Gasteiger partial charge < -0.3 is 9.47 Å². The van der Waals surface area contributed by atoms with Gasteiger partial charge in [0.15, 0.2) is 0 Å². The molecule has 2 aromatic carbocycles. The Bertz CT molecular complexity index is 869. The first-order valence-electron chi connectivity index (χ1n) is 9.25. The van der Waals surface area contributed by atoms with Gasteiger partial charge >= 0.3 is 0 Å². The molecule has 1 aromatic heterocycles. The van der Waals surface area contributed by atoms with Crippen LogP contribution in [-0.4, -0.2) is 21.4 Å². The molecule has 0 spiro atoms. The van der Waals surface area contributed by atoms with Crippen LogP contribution in [0.2, 0.25) is 0 Å². The van der Waals surface area contributed by atoms with Crippen molar-refractivity contribution >= 4 is 5.91 Å². The number of nitrogens with zero attached hydrogens (tertiary/aromatic N) is 2. The van der Waals surface area contributed by atoms with E-state index in [1.807, 2.05) is 49.2 Å². The van der Waals surface area contributed by atoms with Gasteiger partial charge in [-0.3, -0.25) is 4.79 Å². The van der Waals surface area contributed by atoms with E-state index < -0.39 is 0 Å². The molecule has 0 atom stereocenters. The molecule has 1 heterocycles. The van der Waals surface area contributed by atoms with Crippen molar-refractivity contribution in [3.05, 3.63) is 95.6 Å². The maximum atomic E-state index is 13.1. The van der Waals surface area contributed by atoms with Crippen LogP contribution >= 0.6 is 0 Å². The number of hydrogen-bond donors (Lipinski definition) is 0. The lowest BCUT2D eigenvalue weighted by atomic mass is 10.1. The van der Waals surface area contributed by atoms with Gasteiger partial charge in [-0.15, -0.1) is 0 Å². The summed E-state index contributed by atoms with van der Waals surface area (Å²) in [6, 6.07) is 20.6. The van der Waals surface area contributed by atoms with Crippen LogP contribution in [0.5, 0.6) is 0 Å². The van der Waals surface area contributed by atoms with Crippen molar-refractivity contribution in [1.29, 1.82) is 0 Å². The van der Waals surface area contributed by atoms with E-state index in [1.54, 1.807) is 12.1 Å². The molecule has 0 aliphatic carbocycles. The third-order valence-corrected chi connectivity index (χ3v) is 4.66. The summed E-state index contributed by atoms with van der Waals surface area (Å²) < 4.78 is 15.3. The smallest absolute Gasteiger partial charge is 0.227 e. The zero-order chi connectivity index (χ0) is 19.2. The molecule has 140 valence electrons. The number of halogens is 1. The number of amides is 1. The molecule has 0 aliphatic rings. The van der Waals surface area contributed by atoms with Gasteiger partial charge in [-0.25, -0.2) is 4.39 Å². The Morgan fingerprint density at radius 1 is 0.963 bits per heavy atom. The lowest BCUT2D eigenvalue weighted by Gasteiger charge is -2.27. The minimum atomic E-state index is -0.286. The first-order valence-corrected chi connectivity index (χ1v) is 9.25. The van der Waals surface area contributed by atoms with E-state index in [1.165, 1.54) is 17.7 Å². The molecule has 0 N–H and O–H groups in total. The highest BCUT2D eigenvalue weighted by Crippen LogP contribution is 2.14. The Hall–Kier alpha value is -2.88. The summed E-state index contributed by atoms with van der Waals surface area (Å²) in [5.74, 6) is -0.241. The maximum absolute atomic E-state index is 13.1. The molecule has 0 aliphatic heterocycles. The average Bonchev–Trinajstić information content (AvgIpc) is 3.09. The average molecular weight is 364 g/mol. The second-order valence-electron chi connectivity index (χ2n) is 7.03. The van der Waals surface area contributed by atoms with Crippen LogP contribution in [0, 0.1) is 5.82 Å². The van der Waals surface area contributed by atoms with E-state index in [2.05, 4.69) is 22.8 Å². The molecule has 3 nitrogen and oxygen atoms in total. The monoisotopic (exact) mass is 364 g/mol. The van der Waals surface area contributed by atoms with Gasteiger partial charge in [0.2, 0.25) is 5.91 Å². The van der Waals surface area contributed by atoms with Crippen LogP contribution in [0.4, 0.5) is 4.39 Å². The zero-order valence-electron chi connectivity index (χ0n) is 15.8. The zero-order valence-corrected chi connectivity index (χ0v) is 15.8. The summed E-state index contributed by atoms with van der Waals surface area (Å²) in [6.07, 6.45) is 2.32. The van der Waals surface area contributed by atoms with E-state index in [4.69, 9.17) is 0 Å². The van der Waals surface area contributed by atoms with Gasteiger partial charge in [0.25, 0.3) is 0 Å². The summed E-state index contributed by atoms with van der Waals surface area (Å²) in [5, 5.41) is 0. The Kier molecular flexibility index (Phi) is 6.07. The van der Waals surface area contributed by atoms with Crippen molar-refractivity contribution in [2.24, 2.45) is 0 Å². The molecule has 1 amide bonds. The number of rotatable bonds is 7. The Morgan fingerprint density at radius 3 is 2.33 bits per heavy atom. The van der Waals surface area contributed by atoms with Gasteiger partial charge in [0.1, 0.15) is 5.82 Å². The number of hydrogen-bond acceptors (Lipinski definition) is 1. The molecular formula is C23H25FN2O. The van der Waals surface area contributed by atoms with Crippen molar-refractivity contribution in [2.75, 3.05) is 0 Å². The fourth-order valence-electron chi connectivity index (χ4n) is 3.14. The minimum Gasteiger partial charge on any atom is -0.345 e. The van der Waals surface area contributed by atoms with E-state index >= 15 is 0 Å². The van der Waals surface area contributed by atoms with Gasteiger partial charge in [0.05, 0.1) is 13.0 Å². The summed E-state index contributed by atoms with van der Waals surface area (Å²) in [4.78, 5) is 14.7. The quantitative estimate of drug-likeness (QED) is 0.599. The van der Waals surface area contributed by atoms with E-state index in [0.717, 1.165) is 17.8 Å². The number of carbonyl (C=O) groups excluding carboxylic acids is 1. The first kappa shape index (κ1) is 18.9. The molecule has 3 aromatic rings. The number of benzene rings is 2. The standard InChI is InChI=1S/C23H25FN2O/c1-18(2)26(23(27)15-19-10-12-21(24)13-11-19)17-22-9-6-14-25(22)16-20-7-4-3-5-8-20/h3-14,18H,15-17H2,1-2H3. The van der Waals surface area contributed by atoms with Crippen molar-refractivity contribution in [2.45, 2.75) is 39.4 Å². The predicted molar refractivity (Wildman–Crippen MR) is 106 cm³/mol. The topological polar surface area (TPSA) is 25.2 Å². The largest absolute Gasteiger partial charge is 0.345 e. The van der Waals surface area contributed by atoms with Crippen LogP contribution < -0.4 is 0 Å². The van der Waals surface area contributed by atoms with Gasteiger partial charge in [0, 0.05) is 24.5 Å². The molecular weight excluding hydrogens is 339 g/mol. The van der Waals surface area contributed by atoms with Gasteiger partial charge in [-0.1, -0.05) is 42.5 Å². The predicted octanol–water partition coefficient (Wildman–Crippen LogP) is 4.66. The molecule has 0 saturated heterocycles. The van der Waals surface area contributed by atoms with Crippen molar-refractivity contribution in [3.8, 4) is 0 Å². The highest BCUT2D eigenvalue weighted by Gasteiger charge is 2.19. The summed E-state index contributed by atoms with van der Waals surface area (Å²) in [5.41, 5.74) is 3.15. The SMILES string of the molecule is CC(C)N(Cc1cccn1Cc1ccccc1)C(=O)Cc1ccc(F)cc1. The normalized spacial score (nSPS) is 11.0. The summed E-state index contributed by atoms with van der Waals surface area (Å²) in [6.45, 7) is 5.37. The Morgan fingerprint density at radius 2 is 1.67 bits per heavy atom. The Balaban J connectivity index is 1.72. The molecule has 4 heteroatoms. The van der Waals surface area contributed by atoms with Crippen LogP contribution in [0.3, 0.4) is 0 Å². The van der Waals surface area contributed by atoms with Crippen LogP contribution in [0.15, 0.2) is 72.9 Å². The molecule has 3 rings (SSSR count). The van der Waals surface area contributed by atoms with Crippen molar-refractivity contribution < 1.29 is 9.18 Å². The van der Waals surface area contributed by atoms with Gasteiger partial charge in [-0.2, -0.15) is 0 Å². The van der Waals surface area contributed by atoms with Crippen LogP contribution in [0.1, 0.15) is 30.7 Å². The number of carbonyl (C=O) groups is 1. The highest BCUT2D eigenvalue weighted by atomic mass is 19.1. The third-order valence-electron chi connectivity index (χ3n) is 4.66. The van der Waals surface area contributed by atoms with E-state index in [-0.39, 0.29) is 24.2 Å². The Labute approximate surface area is 160 Å². The third kappa shape index (κ3) is 5.07. The lowest BCUT2D eigenvalue weighted by molar-refractivity contribution is -0.132.